The lowest BCUT2D eigenvalue weighted by atomic mass is 10.2. The van der Waals surface area contributed by atoms with E-state index in [1.807, 2.05) is 6.07 Å². The van der Waals surface area contributed by atoms with E-state index in [-0.39, 0.29) is 11.0 Å². The number of benzene rings is 1. The summed E-state index contributed by atoms with van der Waals surface area (Å²) in [5.74, 6) is 0.216. The van der Waals surface area contributed by atoms with E-state index in [0.29, 0.717) is 17.0 Å². The average molecular weight is 297 g/mol. The highest BCUT2D eigenvalue weighted by atomic mass is 32.1. The Bertz CT molecular complexity index is 698. The summed E-state index contributed by atoms with van der Waals surface area (Å²) in [7, 11) is 0. The van der Waals surface area contributed by atoms with Gasteiger partial charge >= 0.3 is 0 Å². The van der Waals surface area contributed by atoms with Crippen LogP contribution in [0, 0.1) is 11.3 Å². The fraction of sp³-hybridized carbons (Fsp3) is 0. The number of thiocarbonyl (C=S) groups is 1. The molecule has 0 radical (unpaired) electrons. The number of hydrogen-bond donors (Lipinski definition) is 2. The quantitative estimate of drug-likeness (QED) is 0.672. The number of nitriles is 1. The first-order chi connectivity index (χ1) is 10.2. The lowest BCUT2D eigenvalue weighted by Gasteiger charge is -2.07. The van der Waals surface area contributed by atoms with Crippen LogP contribution in [-0.2, 0) is 4.79 Å². The fourth-order valence-electron chi connectivity index (χ4n) is 1.49. The van der Waals surface area contributed by atoms with Crippen molar-refractivity contribution >= 4 is 35.0 Å². The molecule has 1 amide bonds. The number of nitrogens with one attached hydrogen (secondary N) is 2. The van der Waals surface area contributed by atoms with Crippen molar-refractivity contribution in [2.75, 3.05) is 5.32 Å². The molecule has 0 aliphatic carbocycles. The van der Waals surface area contributed by atoms with Crippen LogP contribution >= 0.6 is 12.2 Å². The van der Waals surface area contributed by atoms with Gasteiger partial charge in [-0.2, -0.15) is 5.26 Å². The smallest absolute Gasteiger partial charge is 0.250 e. The highest BCUT2D eigenvalue weighted by Crippen LogP contribution is 2.08. The number of amides is 1. The van der Waals surface area contributed by atoms with Crippen LogP contribution in [0.5, 0.6) is 0 Å². The van der Waals surface area contributed by atoms with Crippen LogP contribution in [0.4, 0.5) is 5.69 Å². The highest BCUT2D eigenvalue weighted by Gasteiger charge is 2.02. The largest absolute Gasteiger partial charge is 0.465 e. The van der Waals surface area contributed by atoms with Crippen molar-refractivity contribution in [1.29, 1.82) is 5.26 Å². The van der Waals surface area contributed by atoms with Crippen molar-refractivity contribution in [2.24, 2.45) is 0 Å². The van der Waals surface area contributed by atoms with Crippen LogP contribution in [0.3, 0.4) is 0 Å². The van der Waals surface area contributed by atoms with E-state index in [9.17, 15) is 4.79 Å². The maximum Gasteiger partial charge on any atom is 0.250 e. The van der Waals surface area contributed by atoms with E-state index in [1.165, 1.54) is 12.3 Å². The van der Waals surface area contributed by atoms with Gasteiger partial charge in [-0.3, -0.25) is 10.1 Å². The van der Waals surface area contributed by atoms with Gasteiger partial charge in [-0.25, -0.2) is 0 Å². The number of carbonyl (C=O) groups excluding carboxylic acids is 1. The summed E-state index contributed by atoms with van der Waals surface area (Å²) in [6, 6.07) is 12.2. The molecule has 0 bridgehead atoms. The van der Waals surface area contributed by atoms with Crippen molar-refractivity contribution in [3.05, 3.63) is 60.1 Å². The first kappa shape index (κ1) is 14.5. The zero-order chi connectivity index (χ0) is 15.1. The Balaban J connectivity index is 1.86. The first-order valence-corrected chi connectivity index (χ1v) is 6.42. The number of rotatable bonds is 3. The predicted molar refractivity (Wildman–Crippen MR) is 83.3 cm³/mol. The Hall–Kier alpha value is -2.91. The van der Waals surface area contributed by atoms with Crippen molar-refractivity contribution in [3.8, 4) is 6.07 Å². The maximum atomic E-state index is 11.6. The molecule has 0 saturated heterocycles. The Kier molecular flexibility index (Phi) is 4.85. The summed E-state index contributed by atoms with van der Waals surface area (Å²) in [6.45, 7) is 0. The minimum absolute atomic E-state index is 0.175. The van der Waals surface area contributed by atoms with Gasteiger partial charge in [0, 0.05) is 11.8 Å². The molecule has 1 aromatic heterocycles. The molecule has 104 valence electrons. The third kappa shape index (κ3) is 4.60. The van der Waals surface area contributed by atoms with Gasteiger partial charge in [0.25, 0.3) is 0 Å². The second kappa shape index (κ2) is 7.03. The van der Waals surface area contributed by atoms with E-state index >= 15 is 0 Å². The molecule has 0 atom stereocenters. The number of nitrogens with zero attached hydrogens (tertiary/aromatic N) is 1. The molecule has 0 saturated carbocycles. The van der Waals surface area contributed by atoms with E-state index < -0.39 is 0 Å². The second-order valence-electron chi connectivity index (χ2n) is 3.98. The van der Waals surface area contributed by atoms with Crippen LogP contribution in [0.2, 0.25) is 0 Å². The number of furan rings is 1. The maximum absolute atomic E-state index is 11.6. The van der Waals surface area contributed by atoms with Crippen molar-refractivity contribution in [1.82, 2.24) is 5.32 Å². The van der Waals surface area contributed by atoms with Gasteiger partial charge < -0.3 is 9.73 Å². The normalized spacial score (nSPS) is 10.0. The van der Waals surface area contributed by atoms with Crippen LogP contribution < -0.4 is 10.6 Å². The standard InChI is InChI=1S/C15H11N3O2S/c16-10-11-3-5-12(6-4-11)17-15(21)18-14(19)8-7-13-2-1-9-20-13/h1-9H,(H2,17,18,19,21). The topological polar surface area (TPSA) is 78.1 Å². The van der Waals surface area contributed by atoms with E-state index in [4.69, 9.17) is 21.9 Å². The van der Waals surface area contributed by atoms with Crippen molar-refractivity contribution in [3.63, 3.8) is 0 Å². The first-order valence-electron chi connectivity index (χ1n) is 6.01. The second-order valence-corrected chi connectivity index (χ2v) is 4.39. The molecule has 6 heteroatoms. The Labute approximate surface area is 126 Å². The van der Waals surface area contributed by atoms with Crippen molar-refractivity contribution < 1.29 is 9.21 Å². The molecular formula is C15H11N3O2S. The minimum atomic E-state index is -0.363. The fourth-order valence-corrected chi connectivity index (χ4v) is 1.71. The SMILES string of the molecule is N#Cc1ccc(NC(=S)NC(=O)C=Cc2ccco2)cc1. The van der Waals surface area contributed by atoms with E-state index in [2.05, 4.69) is 10.6 Å². The summed E-state index contributed by atoms with van der Waals surface area (Å²) in [5, 5.41) is 14.2. The zero-order valence-corrected chi connectivity index (χ0v) is 11.7. The van der Waals surface area contributed by atoms with Crippen LogP contribution in [0.1, 0.15) is 11.3 Å². The molecule has 0 aliphatic rings. The molecule has 1 heterocycles. The molecular weight excluding hydrogens is 286 g/mol. The molecule has 0 fully saturated rings. The number of carbonyl (C=O) groups is 1. The highest BCUT2D eigenvalue weighted by molar-refractivity contribution is 7.80. The summed E-state index contributed by atoms with van der Waals surface area (Å²) in [6.07, 6.45) is 4.39. The van der Waals surface area contributed by atoms with Gasteiger partial charge in [0.15, 0.2) is 5.11 Å². The third-order valence-corrected chi connectivity index (χ3v) is 2.65. The lowest BCUT2D eigenvalue weighted by Crippen LogP contribution is -2.32. The molecule has 0 aliphatic heterocycles. The summed E-state index contributed by atoms with van der Waals surface area (Å²) in [4.78, 5) is 11.6. The Morgan fingerprint density at radius 2 is 2.05 bits per heavy atom. The molecule has 1 aromatic carbocycles. The molecule has 0 unspecified atom stereocenters. The summed E-state index contributed by atoms with van der Waals surface area (Å²) in [5.41, 5.74) is 1.24. The molecule has 2 N–H and O–H groups in total. The molecule has 2 rings (SSSR count). The molecule has 21 heavy (non-hydrogen) atoms. The van der Waals surface area contributed by atoms with Crippen LogP contribution in [0.25, 0.3) is 6.08 Å². The molecule has 5 nitrogen and oxygen atoms in total. The minimum Gasteiger partial charge on any atom is -0.465 e. The molecule has 2 aromatic rings. The summed E-state index contributed by atoms with van der Waals surface area (Å²) < 4.78 is 5.06. The van der Waals surface area contributed by atoms with Gasteiger partial charge in [-0.15, -0.1) is 0 Å². The summed E-state index contributed by atoms with van der Waals surface area (Å²) >= 11 is 5.02. The Morgan fingerprint density at radius 1 is 1.29 bits per heavy atom. The van der Waals surface area contributed by atoms with Crippen LogP contribution in [-0.4, -0.2) is 11.0 Å². The zero-order valence-electron chi connectivity index (χ0n) is 10.9. The van der Waals surface area contributed by atoms with Gasteiger partial charge in [-0.1, -0.05) is 0 Å². The molecule has 0 spiro atoms. The van der Waals surface area contributed by atoms with Gasteiger partial charge in [0.05, 0.1) is 17.9 Å². The van der Waals surface area contributed by atoms with E-state index in [0.717, 1.165) is 0 Å². The van der Waals surface area contributed by atoms with Gasteiger partial charge in [0.2, 0.25) is 5.91 Å². The Morgan fingerprint density at radius 3 is 2.67 bits per heavy atom. The van der Waals surface area contributed by atoms with Gasteiger partial charge in [0.1, 0.15) is 5.76 Å². The predicted octanol–water partition coefficient (Wildman–Crippen LogP) is 2.68. The monoisotopic (exact) mass is 297 g/mol. The lowest BCUT2D eigenvalue weighted by molar-refractivity contribution is -0.115. The third-order valence-electron chi connectivity index (χ3n) is 2.45. The van der Waals surface area contributed by atoms with E-state index in [1.54, 1.807) is 42.5 Å². The average Bonchev–Trinajstić information content (AvgIpc) is 2.99. The van der Waals surface area contributed by atoms with Crippen molar-refractivity contribution in [2.45, 2.75) is 0 Å². The van der Waals surface area contributed by atoms with Crippen LogP contribution in [0.15, 0.2) is 53.2 Å². The number of hydrogen-bond acceptors (Lipinski definition) is 4. The number of anilines is 1. The van der Waals surface area contributed by atoms with Gasteiger partial charge in [-0.05, 0) is 54.7 Å².